The molecule has 4 aromatic carbocycles. The van der Waals surface area contributed by atoms with Crippen LogP contribution in [0, 0.1) is 13.8 Å². The number of anilines is 1. The zero-order valence-corrected chi connectivity index (χ0v) is 27.7. The molecule has 0 aliphatic rings. The Kier molecular flexibility index (Phi) is 11.4. The highest BCUT2D eigenvalue weighted by molar-refractivity contribution is 7.92. The van der Waals surface area contributed by atoms with E-state index in [1.165, 1.54) is 17.0 Å². The van der Waals surface area contributed by atoms with E-state index in [4.69, 9.17) is 11.6 Å². The van der Waals surface area contributed by atoms with E-state index in [1.54, 1.807) is 48.5 Å². The van der Waals surface area contributed by atoms with Crippen molar-refractivity contribution in [3.8, 4) is 0 Å². The third-order valence-electron chi connectivity index (χ3n) is 7.68. The second-order valence-electron chi connectivity index (χ2n) is 11.3. The van der Waals surface area contributed by atoms with E-state index in [0.29, 0.717) is 22.7 Å². The second kappa shape index (κ2) is 15.2. The molecule has 4 aromatic rings. The minimum atomic E-state index is -4.17. The molecule has 0 fully saturated rings. The number of rotatable bonds is 13. The summed E-state index contributed by atoms with van der Waals surface area (Å²) in [5.74, 6) is -0.855. The monoisotopic (exact) mass is 645 g/mol. The number of benzene rings is 4. The molecule has 1 N–H and O–H groups in total. The predicted molar refractivity (Wildman–Crippen MR) is 181 cm³/mol. The first-order chi connectivity index (χ1) is 21.5. The maximum Gasteiger partial charge on any atom is 0.264 e. The largest absolute Gasteiger partial charge is 0.352 e. The Morgan fingerprint density at radius 1 is 0.844 bits per heavy atom. The van der Waals surface area contributed by atoms with Gasteiger partial charge in [0.2, 0.25) is 11.8 Å². The molecule has 2 amide bonds. The van der Waals surface area contributed by atoms with Crippen molar-refractivity contribution < 1.29 is 18.0 Å². The summed E-state index contributed by atoms with van der Waals surface area (Å²) in [6.45, 7) is 7.13. The number of aryl methyl sites for hydroxylation is 2. The molecule has 0 saturated heterocycles. The van der Waals surface area contributed by atoms with Crippen molar-refractivity contribution in [2.45, 2.75) is 64.1 Å². The lowest BCUT2D eigenvalue weighted by Gasteiger charge is -2.34. The van der Waals surface area contributed by atoms with Crippen LogP contribution < -0.4 is 9.62 Å². The summed E-state index contributed by atoms with van der Waals surface area (Å²) < 4.78 is 29.5. The summed E-state index contributed by atoms with van der Waals surface area (Å²) in [5, 5.41) is 3.49. The van der Waals surface area contributed by atoms with Crippen molar-refractivity contribution in [3.05, 3.63) is 130 Å². The van der Waals surface area contributed by atoms with Gasteiger partial charge in [-0.3, -0.25) is 13.9 Å². The number of hydrogen-bond donors (Lipinski definition) is 1. The molecular formula is C36H40ClN3O4S. The Balaban J connectivity index is 1.83. The summed E-state index contributed by atoms with van der Waals surface area (Å²) in [6.07, 6.45) is 0.937. The van der Waals surface area contributed by atoms with Crippen LogP contribution in [-0.2, 0) is 32.6 Å². The normalized spacial score (nSPS) is 12.6. The van der Waals surface area contributed by atoms with Crippen molar-refractivity contribution in [2.24, 2.45) is 0 Å². The molecule has 0 spiro atoms. The smallest absolute Gasteiger partial charge is 0.264 e. The molecule has 0 heterocycles. The topological polar surface area (TPSA) is 86.8 Å². The SMILES string of the molecule is CC[C@H](C)NC(=O)[C@@H](Cc1ccccc1)N(Cc1ccccc1Cl)C(=O)CN(c1cc(C)cc(C)c1)S(=O)(=O)c1ccccc1. The average Bonchev–Trinajstić information content (AvgIpc) is 3.02. The van der Waals surface area contributed by atoms with Crippen molar-refractivity contribution in [2.75, 3.05) is 10.8 Å². The first-order valence-corrected chi connectivity index (χ1v) is 16.8. The first kappa shape index (κ1) is 33.7. The van der Waals surface area contributed by atoms with Crippen LogP contribution in [0.3, 0.4) is 0 Å². The fourth-order valence-corrected chi connectivity index (χ4v) is 6.76. The predicted octanol–water partition coefficient (Wildman–Crippen LogP) is 6.71. The van der Waals surface area contributed by atoms with Gasteiger partial charge < -0.3 is 10.2 Å². The highest BCUT2D eigenvalue weighted by Crippen LogP contribution is 2.27. The molecule has 0 saturated carbocycles. The standard InChI is InChI=1S/C36H40ClN3O4S/c1-5-28(4)38-36(42)34(23-29-14-8-6-9-15-29)39(24-30-16-12-13-19-33(30)37)35(41)25-40(31-21-26(2)20-27(3)22-31)45(43,44)32-17-10-7-11-18-32/h6-22,28,34H,5,23-25H2,1-4H3,(H,38,42)/t28-,34+/m0/s1. The number of hydrogen-bond acceptors (Lipinski definition) is 4. The lowest BCUT2D eigenvalue weighted by molar-refractivity contribution is -0.140. The number of carbonyl (C=O) groups is 2. The van der Waals surface area contributed by atoms with Gasteiger partial charge in [-0.15, -0.1) is 0 Å². The lowest BCUT2D eigenvalue weighted by Crippen LogP contribution is -2.54. The number of nitrogens with one attached hydrogen (secondary N) is 1. The minimum Gasteiger partial charge on any atom is -0.352 e. The maximum atomic E-state index is 14.6. The number of halogens is 1. The zero-order valence-electron chi connectivity index (χ0n) is 26.1. The van der Waals surface area contributed by atoms with E-state index in [-0.39, 0.29) is 29.8 Å². The maximum absolute atomic E-state index is 14.6. The summed E-state index contributed by atoms with van der Waals surface area (Å²) in [5.41, 5.74) is 3.58. The van der Waals surface area contributed by atoms with Crippen molar-refractivity contribution >= 4 is 39.1 Å². The summed E-state index contributed by atoms with van der Waals surface area (Å²) in [7, 11) is -4.17. The Hall–Kier alpha value is -4.14. The quantitative estimate of drug-likeness (QED) is 0.175. The number of nitrogens with zero attached hydrogens (tertiary/aromatic N) is 2. The Morgan fingerprint density at radius 2 is 1.42 bits per heavy atom. The highest BCUT2D eigenvalue weighted by Gasteiger charge is 2.35. The van der Waals surface area contributed by atoms with Crippen molar-refractivity contribution in [1.29, 1.82) is 0 Å². The molecular weight excluding hydrogens is 606 g/mol. The molecule has 0 radical (unpaired) electrons. The fraction of sp³-hybridized carbons (Fsp3) is 0.278. The molecule has 45 heavy (non-hydrogen) atoms. The van der Waals surface area contributed by atoms with Gasteiger partial charge in [-0.05, 0) is 79.8 Å². The van der Waals surface area contributed by atoms with Crippen LogP contribution in [0.5, 0.6) is 0 Å². The van der Waals surface area contributed by atoms with Crippen LogP contribution in [0.2, 0.25) is 5.02 Å². The van der Waals surface area contributed by atoms with Crippen molar-refractivity contribution in [3.63, 3.8) is 0 Å². The van der Waals surface area contributed by atoms with Gasteiger partial charge in [0.05, 0.1) is 10.6 Å². The third kappa shape index (κ3) is 8.74. The van der Waals surface area contributed by atoms with Crippen LogP contribution in [-0.4, -0.2) is 43.8 Å². The van der Waals surface area contributed by atoms with E-state index in [1.807, 2.05) is 70.2 Å². The average molecular weight is 646 g/mol. The summed E-state index contributed by atoms with van der Waals surface area (Å²) in [6, 6.07) is 29.0. The van der Waals surface area contributed by atoms with Gasteiger partial charge in [-0.25, -0.2) is 8.42 Å². The van der Waals surface area contributed by atoms with Gasteiger partial charge in [0, 0.05) is 24.0 Å². The van der Waals surface area contributed by atoms with Crippen LogP contribution in [0.25, 0.3) is 0 Å². The Labute approximate surface area is 271 Å². The van der Waals surface area contributed by atoms with E-state index >= 15 is 0 Å². The van der Waals surface area contributed by atoms with Gasteiger partial charge in [0.15, 0.2) is 0 Å². The molecule has 0 aliphatic carbocycles. The van der Waals surface area contributed by atoms with Crippen LogP contribution in [0.1, 0.15) is 42.5 Å². The molecule has 9 heteroatoms. The van der Waals surface area contributed by atoms with E-state index in [2.05, 4.69) is 5.32 Å². The van der Waals surface area contributed by atoms with Crippen LogP contribution in [0.15, 0.2) is 108 Å². The summed E-state index contributed by atoms with van der Waals surface area (Å²) >= 11 is 6.57. The van der Waals surface area contributed by atoms with Gasteiger partial charge in [0.1, 0.15) is 12.6 Å². The zero-order chi connectivity index (χ0) is 32.6. The highest BCUT2D eigenvalue weighted by atomic mass is 35.5. The molecule has 4 rings (SSSR count). The number of carbonyl (C=O) groups excluding carboxylic acids is 2. The van der Waals surface area contributed by atoms with E-state index in [0.717, 1.165) is 21.0 Å². The Morgan fingerprint density at radius 3 is 2.02 bits per heavy atom. The van der Waals surface area contributed by atoms with Gasteiger partial charge in [-0.2, -0.15) is 0 Å². The molecule has 2 atom stereocenters. The van der Waals surface area contributed by atoms with Crippen LogP contribution in [0.4, 0.5) is 5.69 Å². The van der Waals surface area contributed by atoms with Gasteiger partial charge in [-0.1, -0.05) is 91.3 Å². The second-order valence-corrected chi connectivity index (χ2v) is 13.6. The minimum absolute atomic E-state index is 0.00992. The number of amides is 2. The molecule has 236 valence electrons. The molecule has 0 unspecified atom stereocenters. The lowest BCUT2D eigenvalue weighted by atomic mass is 10.0. The molecule has 7 nitrogen and oxygen atoms in total. The van der Waals surface area contributed by atoms with Gasteiger partial charge >= 0.3 is 0 Å². The fourth-order valence-electron chi connectivity index (χ4n) is 5.15. The first-order valence-electron chi connectivity index (χ1n) is 15.0. The van der Waals surface area contributed by atoms with Crippen molar-refractivity contribution in [1.82, 2.24) is 10.2 Å². The molecule has 0 bridgehead atoms. The summed E-state index contributed by atoms with van der Waals surface area (Å²) in [4.78, 5) is 30.0. The molecule has 0 aliphatic heterocycles. The van der Waals surface area contributed by atoms with Gasteiger partial charge in [0.25, 0.3) is 10.0 Å². The molecule has 0 aromatic heterocycles. The van der Waals surface area contributed by atoms with Crippen LogP contribution >= 0.6 is 11.6 Å². The van der Waals surface area contributed by atoms with E-state index in [9.17, 15) is 18.0 Å². The third-order valence-corrected chi connectivity index (χ3v) is 9.83. The van der Waals surface area contributed by atoms with E-state index < -0.39 is 28.5 Å². The number of sulfonamides is 1. The Bertz CT molecular complexity index is 1690.